The van der Waals surface area contributed by atoms with Gasteiger partial charge in [-0.15, -0.1) is 11.8 Å². The second-order valence-corrected chi connectivity index (χ2v) is 5.44. The Bertz CT molecular complexity index is 481. The first-order valence-electron chi connectivity index (χ1n) is 6.25. The lowest BCUT2D eigenvalue weighted by Gasteiger charge is -2.11. The lowest BCUT2D eigenvalue weighted by atomic mass is 10.3. The first-order chi connectivity index (χ1) is 9.63. The van der Waals surface area contributed by atoms with Crippen LogP contribution in [0, 0.1) is 12.7 Å². The molecule has 0 radical (unpaired) electrons. The fourth-order valence-electron chi connectivity index (χ4n) is 1.49. The lowest BCUT2D eigenvalue weighted by molar-refractivity contribution is 0.126. The Labute approximate surface area is 121 Å². The van der Waals surface area contributed by atoms with E-state index in [2.05, 4.69) is 4.98 Å². The molecular formula is C15H16FNO2S. The van der Waals surface area contributed by atoms with Crippen molar-refractivity contribution in [2.45, 2.75) is 18.1 Å². The molecule has 106 valence electrons. The van der Waals surface area contributed by atoms with Crippen LogP contribution in [0.15, 0.2) is 47.6 Å². The van der Waals surface area contributed by atoms with Crippen molar-refractivity contribution < 1.29 is 14.2 Å². The van der Waals surface area contributed by atoms with Crippen LogP contribution in [-0.2, 0) is 0 Å². The van der Waals surface area contributed by atoms with Crippen LogP contribution in [0.4, 0.5) is 4.39 Å². The Kier molecular flexibility index (Phi) is 5.38. The molecule has 2 aromatic rings. The molecule has 1 aromatic carbocycles. The molecule has 0 aliphatic rings. The van der Waals surface area contributed by atoms with Crippen LogP contribution in [-0.4, -0.2) is 28.6 Å². The molecule has 1 unspecified atom stereocenters. The predicted molar refractivity (Wildman–Crippen MR) is 77.6 cm³/mol. The van der Waals surface area contributed by atoms with Crippen LogP contribution < -0.4 is 4.74 Å². The summed E-state index contributed by atoms with van der Waals surface area (Å²) in [6.45, 7) is 2.15. The van der Waals surface area contributed by atoms with Crippen LogP contribution in [0.1, 0.15) is 5.56 Å². The van der Waals surface area contributed by atoms with E-state index in [1.807, 2.05) is 19.1 Å². The van der Waals surface area contributed by atoms with Gasteiger partial charge in [0.05, 0.1) is 11.1 Å². The quantitative estimate of drug-likeness (QED) is 0.831. The van der Waals surface area contributed by atoms with Gasteiger partial charge in [0.15, 0.2) is 0 Å². The number of ether oxygens (including phenoxy) is 1. The van der Waals surface area contributed by atoms with Gasteiger partial charge >= 0.3 is 0 Å². The fourth-order valence-corrected chi connectivity index (χ4v) is 2.24. The van der Waals surface area contributed by atoms with Crippen LogP contribution in [0.2, 0.25) is 0 Å². The number of pyridine rings is 1. The molecular weight excluding hydrogens is 277 g/mol. The minimum absolute atomic E-state index is 0.171. The number of hydrogen-bond acceptors (Lipinski definition) is 4. The fraction of sp³-hybridized carbons (Fsp3) is 0.267. The Morgan fingerprint density at radius 1 is 1.25 bits per heavy atom. The average Bonchev–Trinajstić information content (AvgIpc) is 2.46. The molecule has 2 rings (SSSR count). The Hall–Kier alpha value is -1.59. The highest BCUT2D eigenvalue weighted by atomic mass is 32.2. The van der Waals surface area contributed by atoms with Crippen molar-refractivity contribution in [3.8, 4) is 5.75 Å². The Balaban J connectivity index is 1.73. The molecule has 0 saturated heterocycles. The molecule has 0 bridgehead atoms. The maximum absolute atomic E-state index is 12.7. The summed E-state index contributed by atoms with van der Waals surface area (Å²) in [4.78, 5) is 4.25. The number of nitrogens with zero attached hydrogens (tertiary/aromatic N) is 1. The molecule has 0 fully saturated rings. The van der Waals surface area contributed by atoms with E-state index in [-0.39, 0.29) is 12.4 Å². The summed E-state index contributed by atoms with van der Waals surface area (Å²) in [6, 6.07) is 9.64. The van der Waals surface area contributed by atoms with Crippen molar-refractivity contribution in [3.05, 3.63) is 54.0 Å². The highest BCUT2D eigenvalue weighted by molar-refractivity contribution is 7.99. The minimum Gasteiger partial charge on any atom is -0.491 e. The van der Waals surface area contributed by atoms with E-state index in [1.165, 1.54) is 36.0 Å². The summed E-state index contributed by atoms with van der Waals surface area (Å²) < 4.78 is 18.1. The number of aliphatic hydroxyl groups excluding tert-OH is 1. The van der Waals surface area contributed by atoms with E-state index in [0.29, 0.717) is 11.5 Å². The molecule has 1 aromatic heterocycles. The van der Waals surface area contributed by atoms with Crippen LogP contribution >= 0.6 is 11.8 Å². The van der Waals surface area contributed by atoms with Gasteiger partial charge in [0.2, 0.25) is 0 Å². The number of benzene rings is 1. The van der Waals surface area contributed by atoms with E-state index in [9.17, 15) is 9.50 Å². The van der Waals surface area contributed by atoms with Crippen molar-refractivity contribution in [1.29, 1.82) is 0 Å². The Morgan fingerprint density at radius 2 is 2.00 bits per heavy atom. The molecule has 0 aliphatic heterocycles. The second-order valence-electron chi connectivity index (χ2n) is 4.40. The molecule has 0 spiro atoms. The molecule has 0 saturated carbocycles. The zero-order valence-electron chi connectivity index (χ0n) is 11.1. The van der Waals surface area contributed by atoms with Crippen LogP contribution in [0.5, 0.6) is 5.75 Å². The van der Waals surface area contributed by atoms with Crippen LogP contribution in [0.25, 0.3) is 0 Å². The average molecular weight is 293 g/mol. The van der Waals surface area contributed by atoms with Gasteiger partial charge in [-0.05, 0) is 42.8 Å². The molecule has 20 heavy (non-hydrogen) atoms. The molecule has 1 N–H and O–H groups in total. The maximum atomic E-state index is 12.7. The highest BCUT2D eigenvalue weighted by Gasteiger charge is 2.07. The molecule has 5 heteroatoms. The zero-order chi connectivity index (χ0) is 14.4. The van der Waals surface area contributed by atoms with E-state index >= 15 is 0 Å². The summed E-state index contributed by atoms with van der Waals surface area (Å²) in [7, 11) is 0. The summed E-state index contributed by atoms with van der Waals surface area (Å²) in [5.41, 5.74) is 1.11. The summed E-state index contributed by atoms with van der Waals surface area (Å²) >= 11 is 1.47. The number of aliphatic hydroxyl groups is 1. The smallest absolute Gasteiger partial charge is 0.123 e. The molecule has 0 aliphatic carbocycles. The molecule has 1 heterocycles. The monoisotopic (exact) mass is 293 g/mol. The van der Waals surface area contributed by atoms with Crippen molar-refractivity contribution in [2.75, 3.05) is 12.4 Å². The topological polar surface area (TPSA) is 42.4 Å². The molecule has 0 amide bonds. The van der Waals surface area contributed by atoms with Gasteiger partial charge in [-0.25, -0.2) is 9.37 Å². The summed E-state index contributed by atoms with van der Waals surface area (Å²) in [6.07, 6.45) is 1.19. The number of thioether (sulfide) groups is 1. The van der Waals surface area contributed by atoms with Gasteiger partial charge in [0.1, 0.15) is 18.2 Å². The standard InChI is InChI=1S/C15H16FNO2S/c1-11-2-7-15(17-8-11)20-10-13(18)9-19-14-5-3-12(16)4-6-14/h2-8,13,18H,9-10H2,1H3. The Morgan fingerprint density at radius 3 is 2.65 bits per heavy atom. The van der Waals surface area contributed by atoms with Gasteiger partial charge in [0.25, 0.3) is 0 Å². The molecule has 1 atom stereocenters. The third-order valence-corrected chi connectivity index (χ3v) is 3.65. The van der Waals surface area contributed by atoms with Crippen molar-refractivity contribution in [1.82, 2.24) is 4.98 Å². The van der Waals surface area contributed by atoms with Crippen LogP contribution in [0.3, 0.4) is 0 Å². The van der Waals surface area contributed by atoms with Crippen molar-refractivity contribution in [3.63, 3.8) is 0 Å². The highest BCUT2D eigenvalue weighted by Crippen LogP contribution is 2.17. The van der Waals surface area contributed by atoms with E-state index < -0.39 is 6.10 Å². The van der Waals surface area contributed by atoms with Gasteiger partial charge in [-0.3, -0.25) is 0 Å². The predicted octanol–water partition coefficient (Wildman–Crippen LogP) is 3.06. The van der Waals surface area contributed by atoms with Gasteiger partial charge in [-0.1, -0.05) is 6.07 Å². The van der Waals surface area contributed by atoms with Gasteiger partial charge in [0, 0.05) is 11.9 Å². The first-order valence-corrected chi connectivity index (χ1v) is 7.24. The largest absolute Gasteiger partial charge is 0.491 e. The third-order valence-electron chi connectivity index (χ3n) is 2.56. The summed E-state index contributed by atoms with van der Waals surface area (Å²) in [5, 5.41) is 10.7. The SMILES string of the molecule is Cc1ccc(SCC(O)COc2ccc(F)cc2)nc1. The van der Waals surface area contributed by atoms with E-state index in [0.717, 1.165) is 10.6 Å². The number of halogens is 1. The van der Waals surface area contributed by atoms with Gasteiger partial charge in [-0.2, -0.15) is 0 Å². The van der Waals surface area contributed by atoms with Gasteiger partial charge < -0.3 is 9.84 Å². The third kappa shape index (κ3) is 4.83. The minimum atomic E-state index is -0.604. The first kappa shape index (κ1) is 14.8. The van der Waals surface area contributed by atoms with Crippen molar-refractivity contribution >= 4 is 11.8 Å². The lowest BCUT2D eigenvalue weighted by Crippen LogP contribution is -2.20. The summed E-state index contributed by atoms with van der Waals surface area (Å²) in [5.74, 6) is 0.736. The van der Waals surface area contributed by atoms with E-state index in [4.69, 9.17) is 4.74 Å². The number of rotatable bonds is 6. The second kappa shape index (κ2) is 7.26. The van der Waals surface area contributed by atoms with E-state index in [1.54, 1.807) is 6.20 Å². The zero-order valence-corrected chi connectivity index (χ0v) is 11.9. The molecule has 3 nitrogen and oxygen atoms in total. The number of aromatic nitrogens is 1. The number of hydrogen-bond donors (Lipinski definition) is 1. The number of aryl methyl sites for hydroxylation is 1. The maximum Gasteiger partial charge on any atom is 0.123 e. The van der Waals surface area contributed by atoms with Crippen molar-refractivity contribution in [2.24, 2.45) is 0 Å². The normalized spacial score (nSPS) is 12.2.